The van der Waals surface area contributed by atoms with Gasteiger partial charge in [-0.05, 0) is 50.3 Å². The number of carbonyl (C=O) groups excluding carboxylic acids is 1. The first-order valence-corrected chi connectivity index (χ1v) is 7.93. The minimum atomic E-state index is -0.451. The zero-order valence-corrected chi connectivity index (χ0v) is 13.4. The molecule has 3 N–H and O–H groups in total. The van der Waals surface area contributed by atoms with E-state index in [4.69, 9.17) is 15.2 Å². The molecule has 0 saturated carbocycles. The lowest BCUT2D eigenvalue weighted by molar-refractivity contribution is -0.124. The van der Waals surface area contributed by atoms with Gasteiger partial charge in [0.15, 0.2) is 0 Å². The minimum Gasteiger partial charge on any atom is -0.491 e. The maximum absolute atomic E-state index is 12.1. The molecule has 0 aliphatic carbocycles. The average Bonchev–Trinajstić information content (AvgIpc) is 2.53. The number of ether oxygens (including phenoxy) is 2. The van der Waals surface area contributed by atoms with Crippen molar-refractivity contribution in [3.05, 3.63) is 29.8 Å². The first-order valence-electron chi connectivity index (χ1n) is 7.93. The van der Waals surface area contributed by atoms with Crippen LogP contribution in [0.15, 0.2) is 24.3 Å². The SMILES string of the molecule is CC(C)Oc1ccc(CNC(=O)C(N)C2CCOCC2)cc1. The van der Waals surface area contributed by atoms with Crippen LogP contribution in [0.4, 0.5) is 0 Å². The quantitative estimate of drug-likeness (QED) is 0.841. The summed E-state index contributed by atoms with van der Waals surface area (Å²) >= 11 is 0. The van der Waals surface area contributed by atoms with Crippen molar-refractivity contribution in [3.8, 4) is 5.75 Å². The number of hydrogen-bond acceptors (Lipinski definition) is 4. The zero-order valence-electron chi connectivity index (χ0n) is 13.4. The van der Waals surface area contributed by atoms with E-state index in [-0.39, 0.29) is 17.9 Å². The molecule has 22 heavy (non-hydrogen) atoms. The van der Waals surface area contributed by atoms with Crippen molar-refractivity contribution in [2.75, 3.05) is 13.2 Å². The van der Waals surface area contributed by atoms with Crippen molar-refractivity contribution < 1.29 is 14.3 Å². The summed E-state index contributed by atoms with van der Waals surface area (Å²) in [6.45, 7) is 5.86. The normalized spacial score (nSPS) is 17.3. The largest absolute Gasteiger partial charge is 0.491 e. The Balaban J connectivity index is 1.80. The fraction of sp³-hybridized carbons (Fsp3) is 0.588. The van der Waals surface area contributed by atoms with E-state index in [0.717, 1.165) is 24.2 Å². The van der Waals surface area contributed by atoms with E-state index in [1.165, 1.54) is 0 Å². The molecule has 5 nitrogen and oxygen atoms in total. The maximum atomic E-state index is 12.1. The third kappa shape index (κ3) is 5.00. The molecule has 122 valence electrons. The van der Waals surface area contributed by atoms with Crippen molar-refractivity contribution in [1.82, 2.24) is 5.32 Å². The molecule has 1 heterocycles. The molecule has 1 aliphatic rings. The van der Waals surface area contributed by atoms with Crippen molar-refractivity contribution in [1.29, 1.82) is 0 Å². The Morgan fingerprint density at radius 2 is 1.95 bits per heavy atom. The zero-order chi connectivity index (χ0) is 15.9. The van der Waals surface area contributed by atoms with Gasteiger partial charge in [-0.2, -0.15) is 0 Å². The molecule has 1 aromatic carbocycles. The van der Waals surface area contributed by atoms with Crippen LogP contribution in [0, 0.1) is 5.92 Å². The van der Waals surface area contributed by atoms with Gasteiger partial charge in [0, 0.05) is 19.8 Å². The highest BCUT2D eigenvalue weighted by molar-refractivity contribution is 5.81. The van der Waals surface area contributed by atoms with Crippen molar-refractivity contribution in [2.45, 2.75) is 45.4 Å². The van der Waals surface area contributed by atoms with Crippen LogP contribution in [0.25, 0.3) is 0 Å². The van der Waals surface area contributed by atoms with Gasteiger partial charge in [0.25, 0.3) is 0 Å². The van der Waals surface area contributed by atoms with E-state index >= 15 is 0 Å². The monoisotopic (exact) mass is 306 g/mol. The predicted octanol–water partition coefficient (Wildman–Crippen LogP) is 1.84. The van der Waals surface area contributed by atoms with Crippen molar-refractivity contribution in [3.63, 3.8) is 0 Å². The van der Waals surface area contributed by atoms with E-state index in [0.29, 0.717) is 19.8 Å². The highest BCUT2D eigenvalue weighted by Crippen LogP contribution is 2.18. The molecule has 1 aliphatic heterocycles. The van der Waals surface area contributed by atoms with E-state index in [2.05, 4.69) is 5.32 Å². The molecule has 1 unspecified atom stereocenters. The number of rotatable bonds is 6. The number of nitrogens with one attached hydrogen (secondary N) is 1. The lowest BCUT2D eigenvalue weighted by atomic mass is 9.92. The molecule has 1 fully saturated rings. The van der Waals surface area contributed by atoms with Crippen LogP contribution in [0.5, 0.6) is 5.75 Å². The van der Waals surface area contributed by atoms with Gasteiger partial charge >= 0.3 is 0 Å². The van der Waals surface area contributed by atoms with Gasteiger partial charge in [-0.3, -0.25) is 4.79 Å². The summed E-state index contributed by atoms with van der Waals surface area (Å²) in [5.41, 5.74) is 7.08. The number of hydrogen-bond donors (Lipinski definition) is 2. The van der Waals surface area contributed by atoms with Crippen LogP contribution in [-0.2, 0) is 16.1 Å². The first kappa shape index (κ1) is 16.8. The standard InChI is InChI=1S/C17H26N2O3/c1-12(2)22-15-5-3-13(4-6-15)11-19-17(20)16(18)14-7-9-21-10-8-14/h3-6,12,14,16H,7-11,18H2,1-2H3,(H,19,20). The fourth-order valence-electron chi connectivity index (χ4n) is 2.55. The second kappa shape index (κ2) is 8.15. The van der Waals surface area contributed by atoms with Crippen molar-refractivity contribution >= 4 is 5.91 Å². The van der Waals surface area contributed by atoms with Gasteiger partial charge in [0.2, 0.25) is 5.91 Å². The molecule has 0 bridgehead atoms. The molecule has 1 saturated heterocycles. The van der Waals surface area contributed by atoms with E-state index in [9.17, 15) is 4.79 Å². The molecule has 1 amide bonds. The Labute approximate surface area is 132 Å². The number of amides is 1. The Morgan fingerprint density at radius 1 is 1.32 bits per heavy atom. The molecule has 1 aromatic rings. The fourth-order valence-corrected chi connectivity index (χ4v) is 2.55. The topological polar surface area (TPSA) is 73.6 Å². The van der Waals surface area contributed by atoms with Gasteiger partial charge in [0.05, 0.1) is 12.1 Å². The van der Waals surface area contributed by atoms with Gasteiger partial charge < -0.3 is 20.5 Å². The van der Waals surface area contributed by atoms with E-state index < -0.39 is 6.04 Å². The number of carbonyl (C=O) groups is 1. The Kier molecular flexibility index (Phi) is 6.21. The van der Waals surface area contributed by atoms with Crippen LogP contribution < -0.4 is 15.8 Å². The summed E-state index contributed by atoms with van der Waals surface area (Å²) in [6, 6.07) is 7.29. The molecule has 1 atom stereocenters. The summed E-state index contributed by atoms with van der Waals surface area (Å²) < 4.78 is 10.9. The smallest absolute Gasteiger partial charge is 0.237 e. The third-order valence-electron chi connectivity index (χ3n) is 3.84. The summed E-state index contributed by atoms with van der Waals surface area (Å²) in [4.78, 5) is 12.1. The molecule has 5 heteroatoms. The third-order valence-corrected chi connectivity index (χ3v) is 3.84. The average molecular weight is 306 g/mol. The Bertz CT molecular complexity index is 467. The lowest BCUT2D eigenvalue weighted by Crippen LogP contribution is -2.46. The second-order valence-corrected chi connectivity index (χ2v) is 6.00. The molecule has 0 aromatic heterocycles. The molecule has 0 spiro atoms. The molecule has 2 rings (SSSR count). The lowest BCUT2D eigenvalue weighted by Gasteiger charge is -2.26. The van der Waals surface area contributed by atoms with Crippen LogP contribution in [0.2, 0.25) is 0 Å². The minimum absolute atomic E-state index is 0.0885. The van der Waals surface area contributed by atoms with E-state index in [1.807, 2.05) is 38.1 Å². The molecule has 0 radical (unpaired) electrons. The van der Waals surface area contributed by atoms with Crippen LogP contribution >= 0.6 is 0 Å². The Hall–Kier alpha value is -1.59. The maximum Gasteiger partial charge on any atom is 0.237 e. The summed E-state index contributed by atoms with van der Waals surface area (Å²) in [5, 5.41) is 2.91. The summed E-state index contributed by atoms with van der Waals surface area (Å²) in [6.07, 6.45) is 1.87. The molecular weight excluding hydrogens is 280 g/mol. The van der Waals surface area contributed by atoms with Gasteiger partial charge in [-0.15, -0.1) is 0 Å². The van der Waals surface area contributed by atoms with Crippen LogP contribution in [-0.4, -0.2) is 31.3 Å². The molecular formula is C17H26N2O3. The number of benzene rings is 1. The summed E-state index contributed by atoms with van der Waals surface area (Å²) in [5.74, 6) is 0.967. The van der Waals surface area contributed by atoms with Gasteiger partial charge in [0.1, 0.15) is 5.75 Å². The summed E-state index contributed by atoms with van der Waals surface area (Å²) in [7, 11) is 0. The Morgan fingerprint density at radius 3 is 2.55 bits per heavy atom. The highest BCUT2D eigenvalue weighted by atomic mass is 16.5. The number of nitrogens with two attached hydrogens (primary N) is 1. The van der Waals surface area contributed by atoms with Crippen LogP contribution in [0.3, 0.4) is 0 Å². The van der Waals surface area contributed by atoms with Gasteiger partial charge in [-0.1, -0.05) is 12.1 Å². The van der Waals surface area contributed by atoms with Gasteiger partial charge in [-0.25, -0.2) is 0 Å². The van der Waals surface area contributed by atoms with Crippen molar-refractivity contribution in [2.24, 2.45) is 11.7 Å². The van der Waals surface area contributed by atoms with Crippen LogP contribution in [0.1, 0.15) is 32.3 Å². The highest BCUT2D eigenvalue weighted by Gasteiger charge is 2.26. The first-order chi connectivity index (χ1) is 10.6. The predicted molar refractivity (Wildman–Crippen MR) is 85.6 cm³/mol. The van der Waals surface area contributed by atoms with E-state index in [1.54, 1.807) is 0 Å². The second-order valence-electron chi connectivity index (χ2n) is 6.00.